The minimum atomic E-state index is -0.162. The number of H-pyrrole nitrogens is 1. The average molecular weight is 264 g/mol. The second-order valence-electron chi connectivity index (χ2n) is 6.60. The van der Waals surface area contributed by atoms with Crippen LogP contribution in [0, 0.1) is 5.92 Å². The molecule has 1 heterocycles. The van der Waals surface area contributed by atoms with Gasteiger partial charge >= 0.3 is 0 Å². The molecule has 2 unspecified atom stereocenters. The summed E-state index contributed by atoms with van der Waals surface area (Å²) in [6.07, 6.45) is 4.70. The number of aromatic amines is 1. The summed E-state index contributed by atoms with van der Waals surface area (Å²) in [5.41, 5.74) is -0.121. The summed E-state index contributed by atoms with van der Waals surface area (Å²) in [7, 11) is 0. The first-order valence-electron chi connectivity index (χ1n) is 7.11. The number of carbonyl (C=O) groups excluding carboxylic acids is 1. The molecule has 19 heavy (non-hydrogen) atoms. The Morgan fingerprint density at radius 2 is 2.00 bits per heavy atom. The van der Waals surface area contributed by atoms with E-state index in [0.29, 0.717) is 5.92 Å². The second-order valence-corrected chi connectivity index (χ2v) is 6.60. The van der Waals surface area contributed by atoms with Crippen LogP contribution in [0.15, 0.2) is 0 Å². The molecule has 1 aliphatic carbocycles. The van der Waals surface area contributed by atoms with E-state index in [1.807, 2.05) is 20.8 Å². The number of amides is 1. The minimum absolute atomic E-state index is 0.121. The third-order valence-electron chi connectivity index (χ3n) is 3.83. The van der Waals surface area contributed by atoms with Crippen molar-refractivity contribution in [3.8, 4) is 0 Å². The second kappa shape index (κ2) is 5.31. The van der Waals surface area contributed by atoms with Gasteiger partial charge in [-0.2, -0.15) is 0 Å². The normalized spacial score (nSPS) is 24.2. The monoisotopic (exact) mass is 264 g/mol. The molecular formula is C14H24N4O. The van der Waals surface area contributed by atoms with Gasteiger partial charge in [-0.3, -0.25) is 9.89 Å². The van der Waals surface area contributed by atoms with Crippen molar-refractivity contribution in [1.82, 2.24) is 20.5 Å². The fourth-order valence-corrected chi connectivity index (χ4v) is 2.46. The summed E-state index contributed by atoms with van der Waals surface area (Å²) >= 11 is 0. The first kappa shape index (κ1) is 14.0. The molecule has 1 aromatic rings. The first-order valence-corrected chi connectivity index (χ1v) is 7.11. The van der Waals surface area contributed by atoms with Crippen molar-refractivity contribution < 1.29 is 4.79 Å². The van der Waals surface area contributed by atoms with Crippen molar-refractivity contribution >= 4 is 5.91 Å². The van der Waals surface area contributed by atoms with Crippen molar-refractivity contribution in [2.75, 3.05) is 0 Å². The zero-order chi connectivity index (χ0) is 14.0. The number of hydrogen-bond acceptors (Lipinski definition) is 3. The molecule has 1 aliphatic rings. The zero-order valence-electron chi connectivity index (χ0n) is 12.3. The molecule has 0 aromatic carbocycles. The van der Waals surface area contributed by atoms with Gasteiger partial charge in [-0.1, -0.05) is 40.5 Å². The van der Waals surface area contributed by atoms with Crippen LogP contribution in [0.5, 0.6) is 0 Å². The maximum Gasteiger partial charge on any atom is 0.291 e. The molecule has 0 saturated heterocycles. The van der Waals surface area contributed by atoms with Crippen molar-refractivity contribution in [3.05, 3.63) is 11.6 Å². The van der Waals surface area contributed by atoms with E-state index in [1.54, 1.807) is 0 Å². The predicted octanol–water partition coefficient (Wildman–Crippen LogP) is 2.41. The van der Waals surface area contributed by atoms with E-state index >= 15 is 0 Å². The van der Waals surface area contributed by atoms with Crippen LogP contribution in [0.2, 0.25) is 0 Å². The number of nitrogens with one attached hydrogen (secondary N) is 2. The van der Waals surface area contributed by atoms with Crippen LogP contribution in [0.25, 0.3) is 0 Å². The Labute approximate surface area is 114 Å². The van der Waals surface area contributed by atoms with E-state index in [9.17, 15) is 4.79 Å². The number of nitrogens with zero attached hydrogens (tertiary/aromatic N) is 2. The molecule has 0 aliphatic heterocycles. The summed E-state index contributed by atoms with van der Waals surface area (Å²) in [6, 6.07) is 0.262. The summed E-state index contributed by atoms with van der Waals surface area (Å²) < 4.78 is 0. The van der Waals surface area contributed by atoms with Crippen LogP contribution in [0.3, 0.4) is 0 Å². The van der Waals surface area contributed by atoms with E-state index < -0.39 is 0 Å². The number of aromatic nitrogens is 3. The molecule has 1 saturated carbocycles. The smallest absolute Gasteiger partial charge is 0.291 e. The highest BCUT2D eigenvalue weighted by Crippen LogP contribution is 2.24. The van der Waals surface area contributed by atoms with Gasteiger partial charge in [-0.25, -0.2) is 4.98 Å². The van der Waals surface area contributed by atoms with Crippen molar-refractivity contribution in [2.24, 2.45) is 5.92 Å². The van der Waals surface area contributed by atoms with E-state index in [-0.39, 0.29) is 23.2 Å². The van der Waals surface area contributed by atoms with E-state index in [2.05, 4.69) is 27.4 Å². The van der Waals surface area contributed by atoms with Crippen LogP contribution >= 0.6 is 0 Å². The predicted molar refractivity (Wildman–Crippen MR) is 74.0 cm³/mol. The molecule has 2 N–H and O–H groups in total. The molecular weight excluding hydrogens is 240 g/mol. The molecule has 0 bridgehead atoms. The lowest BCUT2D eigenvalue weighted by atomic mass is 9.86. The fraction of sp³-hybridized carbons (Fsp3) is 0.786. The Bertz CT molecular complexity index is 447. The van der Waals surface area contributed by atoms with Crippen LogP contribution < -0.4 is 5.32 Å². The van der Waals surface area contributed by atoms with E-state index in [0.717, 1.165) is 12.2 Å². The SMILES string of the molecule is CC1CCCCC1NC(=O)c1n[nH]c(C(C)(C)C)n1. The van der Waals surface area contributed by atoms with Crippen LogP contribution in [0.4, 0.5) is 0 Å². The lowest BCUT2D eigenvalue weighted by molar-refractivity contribution is 0.0900. The van der Waals surface area contributed by atoms with Gasteiger partial charge in [-0.05, 0) is 18.8 Å². The molecule has 5 heteroatoms. The molecule has 1 fully saturated rings. The highest BCUT2D eigenvalue weighted by molar-refractivity contribution is 5.90. The molecule has 1 amide bonds. The highest BCUT2D eigenvalue weighted by Gasteiger charge is 2.26. The summed E-state index contributed by atoms with van der Waals surface area (Å²) in [6.45, 7) is 8.32. The standard InChI is InChI=1S/C14H24N4O/c1-9-7-5-6-8-10(9)15-12(19)11-16-13(18-17-11)14(2,3)4/h9-10H,5-8H2,1-4H3,(H,15,19)(H,16,17,18). The minimum Gasteiger partial charge on any atom is -0.346 e. The molecule has 2 atom stereocenters. The van der Waals surface area contributed by atoms with Crippen LogP contribution in [-0.2, 0) is 5.41 Å². The molecule has 106 valence electrons. The van der Waals surface area contributed by atoms with Gasteiger partial charge in [0.25, 0.3) is 5.91 Å². The lowest BCUT2D eigenvalue weighted by Crippen LogP contribution is -2.41. The average Bonchev–Trinajstić information content (AvgIpc) is 2.81. The number of hydrogen-bond donors (Lipinski definition) is 2. The molecule has 0 spiro atoms. The number of carbonyl (C=O) groups is 1. The van der Waals surface area contributed by atoms with Crippen LogP contribution in [-0.4, -0.2) is 27.1 Å². The topological polar surface area (TPSA) is 70.7 Å². The van der Waals surface area contributed by atoms with Crippen LogP contribution in [0.1, 0.15) is 69.8 Å². The third-order valence-corrected chi connectivity index (χ3v) is 3.83. The molecule has 5 nitrogen and oxygen atoms in total. The maximum absolute atomic E-state index is 12.1. The third kappa shape index (κ3) is 3.33. The highest BCUT2D eigenvalue weighted by atomic mass is 16.2. The van der Waals surface area contributed by atoms with Gasteiger partial charge in [0.1, 0.15) is 5.82 Å². The van der Waals surface area contributed by atoms with Gasteiger partial charge in [0.15, 0.2) is 0 Å². The Hall–Kier alpha value is -1.39. The van der Waals surface area contributed by atoms with Gasteiger partial charge in [0.2, 0.25) is 5.82 Å². The van der Waals surface area contributed by atoms with Gasteiger partial charge in [0, 0.05) is 11.5 Å². The fourth-order valence-electron chi connectivity index (χ4n) is 2.46. The van der Waals surface area contributed by atoms with Gasteiger partial charge in [0.05, 0.1) is 0 Å². The molecule has 0 radical (unpaired) electrons. The Morgan fingerprint density at radius 1 is 1.32 bits per heavy atom. The first-order chi connectivity index (χ1) is 8.88. The molecule has 2 rings (SSSR count). The summed E-state index contributed by atoms with van der Waals surface area (Å²) in [5.74, 6) is 1.38. The maximum atomic E-state index is 12.1. The Morgan fingerprint density at radius 3 is 2.58 bits per heavy atom. The van der Waals surface area contributed by atoms with Crippen molar-refractivity contribution in [1.29, 1.82) is 0 Å². The molecule has 1 aromatic heterocycles. The summed E-state index contributed by atoms with van der Waals surface area (Å²) in [5, 5.41) is 9.94. The van der Waals surface area contributed by atoms with Gasteiger partial charge in [-0.15, -0.1) is 5.10 Å². The Kier molecular flexibility index (Phi) is 3.92. The van der Waals surface area contributed by atoms with E-state index in [4.69, 9.17) is 0 Å². The van der Waals surface area contributed by atoms with Gasteiger partial charge < -0.3 is 5.32 Å². The summed E-state index contributed by atoms with van der Waals surface area (Å²) in [4.78, 5) is 16.4. The van der Waals surface area contributed by atoms with Crippen molar-refractivity contribution in [2.45, 2.75) is 64.8 Å². The Balaban J connectivity index is 2.01. The van der Waals surface area contributed by atoms with E-state index in [1.165, 1.54) is 19.3 Å². The largest absolute Gasteiger partial charge is 0.346 e. The lowest BCUT2D eigenvalue weighted by Gasteiger charge is -2.28. The number of rotatable bonds is 2. The zero-order valence-corrected chi connectivity index (χ0v) is 12.3. The van der Waals surface area contributed by atoms with Crippen molar-refractivity contribution in [3.63, 3.8) is 0 Å². The quantitative estimate of drug-likeness (QED) is 0.861.